The highest BCUT2D eigenvalue weighted by Crippen LogP contribution is 2.15. The summed E-state index contributed by atoms with van der Waals surface area (Å²) in [5.74, 6) is -0.330. The summed E-state index contributed by atoms with van der Waals surface area (Å²) >= 11 is 5.75. The fourth-order valence-corrected chi connectivity index (χ4v) is 2.99. The lowest BCUT2D eigenvalue weighted by Crippen LogP contribution is -2.32. The molecule has 0 saturated heterocycles. The second-order valence-corrected chi connectivity index (χ2v) is 6.78. The number of carbonyl (C=O) groups excluding carboxylic acids is 1. The van der Waals surface area contributed by atoms with Crippen molar-refractivity contribution in [3.8, 4) is 5.75 Å². The van der Waals surface area contributed by atoms with Crippen LogP contribution in [0.15, 0.2) is 53.4 Å². The Bertz CT molecular complexity index is 790. The molecule has 116 valence electrons. The molecule has 2 rings (SSSR count). The minimum atomic E-state index is -3.81. The summed E-state index contributed by atoms with van der Waals surface area (Å²) in [4.78, 5) is 11.7. The van der Waals surface area contributed by atoms with Crippen LogP contribution in [0.25, 0.3) is 0 Å². The summed E-state index contributed by atoms with van der Waals surface area (Å²) in [5.41, 5.74) is 0.935. The van der Waals surface area contributed by atoms with E-state index in [0.717, 1.165) is 5.56 Å². The minimum Gasteiger partial charge on any atom is -0.426 e. The lowest BCUT2D eigenvalue weighted by atomic mass is 10.2. The molecular formula is C15H14ClNO4S. The van der Waals surface area contributed by atoms with Gasteiger partial charge in [-0.1, -0.05) is 29.8 Å². The Hall–Kier alpha value is -1.89. The average molecular weight is 340 g/mol. The Kier molecular flexibility index (Phi) is 5.18. The van der Waals surface area contributed by atoms with Gasteiger partial charge in [0.15, 0.2) is 0 Å². The topological polar surface area (TPSA) is 72.5 Å². The van der Waals surface area contributed by atoms with Crippen molar-refractivity contribution in [3.05, 3.63) is 59.1 Å². The number of halogens is 1. The standard InChI is InChI=1S/C15H14ClNO4S/c1-11-4-2-6-13(8-11)21-15(18)10-17-22(19,20)14-7-3-5-12(16)9-14/h2-9,17H,10H2,1H3. The third-order valence-corrected chi connectivity index (χ3v) is 4.37. The quantitative estimate of drug-likeness (QED) is 0.671. The maximum Gasteiger partial charge on any atom is 0.326 e. The number of benzene rings is 2. The molecule has 0 radical (unpaired) electrons. The normalized spacial score (nSPS) is 11.2. The maximum absolute atomic E-state index is 12.0. The Labute approximate surface area is 133 Å². The zero-order valence-corrected chi connectivity index (χ0v) is 13.3. The van der Waals surface area contributed by atoms with Crippen molar-refractivity contribution in [3.63, 3.8) is 0 Å². The van der Waals surface area contributed by atoms with Gasteiger partial charge in [-0.25, -0.2) is 8.42 Å². The molecule has 22 heavy (non-hydrogen) atoms. The van der Waals surface area contributed by atoms with E-state index in [0.29, 0.717) is 10.8 Å². The van der Waals surface area contributed by atoms with Gasteiger partial charge in [0.1, 0.15) is 12.3 Å². The minimum absolute atomic E-state index is 0.0108. The van der Waals surface area contributed by atoms with Gasteiger partial charge in [0.05, 0.1) is 4.90 Å². The number of aryl methyl sites for hydroxylation is 1. The van der Waals surface area contributed by atoms with Crippen molar-refractivity contribution in [2.75, 3.05) is 6.54 Å². The van der Waals surface area contributed by atoms with E-state index in [2.05, 4.69) is 4.72 Å². The van der Waals surface area contributed by atoms with Gasteiger partial charge in [0.25, 0.3) is 0 Å². The fraction of sp³-hybridized carbons (Fsp3) is 0.133. The Morgan fingerprint density at radius 2 is 1.91 bits per heavy atom. The van der Waals surface area contributed by atoms with Crippen molar-refractivity contribution in [1.82, 2.24) is 4.72 Å². The lowest BCUT2D eigenvalue weighted by molar-refractivity contribution is -0.133. The van der Waals surface area contributed by atoms with E-state index in [-0.39, 0.29) is 4.90 Å². The van der Waals surface area contributed by atoms with Gasteiger partial charge in [-0.3, -0.25) is 4.79 Å². The van der Waals surface area contributed by atoms with Crippen molar-refractivity contribution >= 4 is 27.6 Å². The smallest absolute Gasteiger partial charge is 0.326 e. The van der Waals surface area contributed by atoms with Crippen molar-refractivity contribution in [1.29, 1.82) is 0 Å². The van der Waals surface area contributed by atoms with Gasteiger partial charge < -0.3 is 4.74 Å². The van der Waals surface area contributed by atoms with Gasteiger partial charge in [-0.15, -0.1) is 0 Å². The second-order valence-electron chi connectivity index (χ2n) is 4.57. The summed E-state index contributed by atoms with van der Waals surface area (Å²) in [7, 11) is -3.81. The van der Waals surface area contributed by atoms with Crippen LogP contribution in [0.4, 0.5) is 0 Å². The van der Waals surface area contributed by atoms with Crippen LogP contribution < -0.4 is 9.46 Å². The molecule has 0 fully saturated rings. The number of rotatable bonds is 5. The Morgan fingerprint density at radius 1 is 1.18 bits per heavy atom. The molecule has 0 aliphatic heterocycles. The number of ether oxygens (including phenoxy) is 1. The van der Waals surface area contributed by atoms with Crippen LogP contribution in [-0.4, -0.2) is 20.9 Å². The van der Waals surface area contributed by atoms with Crippen LogP contribution in [0.3, 0.4) is 0 Å². The van der Waals surface area contributed by atoms with Crippen LogP contribution in [0.1, 0.15) is 5.56 Å². The summed E-state index contributed by atoms with van der Waals surface area (Å²) in [6.45, 7) is 1.39. The van der Waals surface area contributed by atoms with E-state index in [4.69, 9.17) is 16.3 Å². The molecule has 0 aromatic heterocycles. The number of nitrogens with one attached hydrogen (secondary N) is 1. The summed E-state index contributed by atoms with van der Waals surface area (Å²) in [5, 5.41) is 0.296. The third-order valence-electron chi connectivity index (χ3n) is 2.73. The van der Waals surface area contributed by atoms with E-state index >= 15 is 0 Å². The maximum atomic E-state index is 12.0. The summed E-state index contributed by atoms with van der Waals surface area (Å²) < 4.78 is 31.3. The van der Waals surface area contributed by atoms with Gasteiger partial charge in [0.2, 0.25) is 10.0 Å². The first kappa shape index (κ1) is 16.5. The Morgan fingerprint density at radius 3 is 2.59 bits per heavy atom. The molecular weight excluding hydrogens is 326 g/mol. The number of hydrogen-bond donors (Lipinski definition) is 1. The first-order chi connectivity index (χ1) is 10.4. The van der Waals surface area contributed by atoms with Crippen LogP contribution in [0, 0.1) is 6.92 Å². The van der Waals surface area contributed by atoms with E-state index in [1.54, 1.807) is 24.3 Å². The van der Waals surface area contributed by atoms with Crippen molar-refractivity contribution in [2.24, 2.45) is 0 Å². The van der Waals surface area contributed by atoms with Crippen molar-refractivity contribution < 1.29 is 17.9 Å². The van der Waals surface area contributed by atoms with Gasteiger partial charge in [-0.2, -0.15) is 4.72 Å². The number of hydrogen-bond acceptors (Lipinski definition) is 4. The first-order valence-electron chi connectivity index (χ1n) is 6.39. The van der Waals surface area contributed by atoms with Crippen molar-refractivity contribution in [2.45, 2.75) is 11.8 Å². The van der Waals surface area contributed by atoms with E-state index in [1.165, 1.54) is 18.2 Å². The van der Waals surface area contributed by atoms with Crippen LogP contribution in [-0.2, 0) is 14.8 Å². The number of carbonyl (C=O) groups is 1. The molecule has 0 heterocycles. The molecule has 0 atom stereocenters. The molecule has 1 N–H and O–H groups in total. The molecule has 0 amide bonds. The van der Waals surface area contributed by atoms with Crippen LogP contribution in [0.5, 0.6) is 5.75 Å². The highest BCUT2D eigenvalue weighted by molar-refractivity contribution is 7.89. The van der Waals surface area contributed by atoms with Crippen LogP contribution >= 0.6 is 11.6 Å². The molecule has 7 heteroatoms. The summed E-state index contributed by atoms with van der Waals surface area (Å²) in [6.07, 6.45) is 0. The largest absolute Gasteiger partial charge is 0.426 e. The number of sulfonamides is 1. The van der Waals surface area contributed by atoms with E-state index in [1.807, 2.05) is 13.0 Å². The monoisotopic (exact) mass is 339 g/mol. The van der Waals surface area contributed by atoms with Gasteiger partial charge >= 0.3 is 5.97 Å². The van der Waals surface area contributed by atoms with Gasteiger partial charge in [-0.05, 0) is 42.8 Å². The SMILES string of the molecule is Cc1cccc(OC(=O)CNS(=O)(=O)c2cccc(Cl)c2)c1. The highest BCUT2D eigenvalue weighted by atomic mass is 35.5. The molecule has 2 aromatic carbocycles. The van der Waals surface area contributed by atoms with Gasteiger partial charge in [0, 0.05) is 5.02 Å². The molecule has 0 aliphatic rings. The predicted molar refractivity (Wildman–Crippen MR) is 83.5 cm³/mol. The second kappa shape index (κ2) is 6.91. The molecule has 2 aromatic rings. The first-order valence-corrected chi connectivity index (χ1v) is 8.25. The summed E-state index contributed by atoms with van der Waals surface area (Å²) in [6, 6.07) is 12.7. The van der Waals surface area contributed by atoms with Crippen LogP contribution in [0.2, 0.25) is 5.02 Å². The molecule has 0 unspecified atom stereocenters. The number of esters is 1. The molecule has 0 spiro atoms. The third kappa shape index (κ3) is 4.56. The zero-order valence-electron chi connectivity index (χ0n) is 11.7. The molecule has 0 bridgehead atoms. The molecule has 0 saturated carbocycles. The molecule has 0 aliphatic carbocycles. The lowest BCUT2D eigenvalue weighted by Gasteiger charge is -2.08. The van der Waals surface area contributed by atoms with E-state index in [9.17, 15) is 13.2 Å². The van der Waals surface area contributed by atoms with E-state index < -0.39 is 22.5 Å². The Balaban J connectivity index is 1.98. The molecule has 5 nitrogen and oxygen atoms in total. The predicted octanol–water partition coefficient (Wildman–Crippen LogP) is 2.53. The fourth-order valence-electron chi connectivity index (χ4n) is 1.72. The zero-order chi connectivity index (χ0) is 16.2. The highest BCUT2D eigenvalue weighted by Gasteiger charge is 2.16. The average Bonchev–Trinajstić information content (AvgIpc) is 2.45.